The van der Waals surface area contributed by atoms with Gasteiger partial charge in [0, 0.05) is 24.7 Å². The maximum absolute atomic E-state index is 13.8. The van der Waals surface area contributed by atoms with Gasteiger partial charge in [-0.2, -0.15) is 0 Å². The molecule has 108 valence electrons. The van der Waals surface area contributed by atoms with Gasteiger partial charge in [0.15, 0.2) is 0 Å². The summed E-state index contributed by atoms with van der Waals surface area (Å²) in [5.41, 5.74) is -0.862. The Morgan fingerprint density at radius 1 is 1.60 bits per heavy atom. The summed E-state index contributed by atoms with van der Waals surface area (Å²) in [6.45, 7) is 2.59. The minimum absolute atomic E-state index is 0.128. The van der Waals surface area contributed by atoms with Gasteiger partial charge in [0.1, 0.15) is 17.1 Å². The van der Waals surface area contributed by atoms with Crippen LogP contribution in [-0.4, -0.2) is 28.6 Å². The second-order valence-corrected chi connectivity index (χ2v) is 4.78. The molecule has 7 heteroatoms. The highest BCUT2D eigenvalue weighted by molar-refractivity contribution is 5.90. The van der Waals surface area contributed by atoms with Crippen LogP contribution >= 0.6 is 0 Å². The van der Waals surface area contributed by atoms with E-state index in [1.807, 2.05) is 6.92 Å². The number of carboxylic acid groups (broad SMARTS) is 1. The van der Waals surface area contributed by atoms with E-state index in [0.29, 0.717) is 6.54 Å². The molecule has 20 heavy (non-hydrogen) atoms. The zero-order valence-corrected chi connectivity index (χ0v) is 11.0. The van der Waals surface area contributed by atoms with Crippen LogP contribution in [-0.2, 0) is 0 Å². The van der Waals surface area contributed by atoms with E-state index < -0.39 is 22.3 Å². The number of hydrogen-bond donors (Lipinski definition) is 1. The van der Waals surface area contributed by atoms with Crippen molar-refractivity contribution in [1.29, 1.82) is 0 Å². The van der Waals surface area contributed by atoms with Gasteiger partial charge in [0.05, 0.1) is 4.92 Å². The second-order valence-electron chi connectivity index (χ2n) is 4.78. The standard InChI is InChI=1S/C13H15FN2O4/c1-2-8-4-3-5-15(8)11-7-10(14)9(13(17)18)6-12(11)16(19)20/h6-8H,2-5H2,1H3,(H,17,18). The molecule has 1 aliphatic heterocycles. The van der Waals surface area contributed by atoms with E-state index in [-0.39, 0.29) is 17.4 Å². The van der Waals surface area contributed by atoms with E-state index in [9.17, 15) is 19.3 Å². The van der Waals surface area contributed by atoms with E-state index in [4.69, 9.17) is 5.11 Å². The van der Waals surface area contributed by atoms with Crippen molar-refractivity contribution in [2.24, 2.45) is 0 Å². The lowest BCUT2D eigenvalue weighted by atomic mass is 10.1. The molecule has 1 fully saturated rings. The first kappa shape index (κ1) is 14.2. The van der Waals surface area contributed by atoms with Crippen LogP contribution in [0.5, 0.6) is 0 Å². The topological polar surface area (TPSA) is 83.7 Å². The Balaban J connectivity index is 2.54. The van der Waals surface area contributed by atoms with Crippen molar-refractivity contribution in [3.63, 3.8) is 0 Å². The van der Waals surface area contributed by atoms with E-state index in [1.54, 1.807) is 4.90 Å². The number of rotatable bonds is 4. The van der Waals surface area contributed by atoms with Crippen LogP contribution in [0.2, 0.25) is 0 Å². The highest BCUT2D eigenvalue weighted by Crippen LogP contribution is 2.36. The molecule has 1 aliphatic rings. The highest BCUT2D eigenvalue weighted by atomic mass is 19.1. The molecule has 0 aromatic heterocycles. The predicted octanol–water partition coefficient (Wildman–Crippen LogP) is 2.81. The Morgan fingerprint density at radius 3 is 2.85 bits per heavy atom. The van der Waals surface area contributed by atoms with E-state index in [1.165, 1.54) is 0 Å². The summed E-state index contributed by atoms with van der Waals surface area (Å²) in [5.74, 6) is -2.45. The molecule has 1 unspecified atom stereocenters. The Morgan fingerprint density at radius 2 is 2.30 bits per heavy atom. The fraction of sp³-hybridized carbons (Fsp3) is 0.462. The van der Waals surface area contributed by atoms with Crippen LogP contribution in [0.3, 0.4) is 0 Å². The summed E-state index contributed by atoms with van der Waals surface area (Å²) in [7, 11) is 0. The molecular formula is C13H15FN2O4. The number of nitro groups is 1. The van der Waals surface area contributed by atoms with Crippen molar-refractivity contribution in [2.75, 3.05) is 11.4 Å². The van der Waals surface area contributed by atoms with Crippen molar-refractivity contribution >= 4 is 17.3 Å². The molecule has 1 saturated heterocycles. The molecule has 1 aromatic rings. The SMILES string of the molecule is CCC1CCCN1c1cc(F)c(C(=O)O)cc1[N+](=O)[O-]. The van der Waals surface area contributed by atoms with Gasteiger partial charge >= 0.3 is 5.97 Å². The van der Waals surface area contributed by atoms with Crippen molar-refractivity contribution in [1.82, 2.24) is 0 Å². The van der Waals surface area contributed by atoms with Crippen LogP contribution in [0, 0.1) is 15.9 Å². The molecule has 0 saturated carbocycles. The van der Waals surface area contributed by atoms with Crippen LogP contribution in [0.1, 0.15) is 36.5 Å². The molecule has 0 bridgehead atoms. The Bertz CT molecular complexity index is 562. The fourth-order valence-corrected chi connectivity index (χ4v) is 2.67. The zero-order valence-electron chi connectivity index (χ0n) is 11.0. The maximum atomic E-state index is 13.8. The van der Waals surface area contributed by atoms with Gasteiger partial charge in [0.25, 0.3) is 5.69 Å². The van der Waals surface area contributed by atoms with Gasteiger partial charge in [0.2, 0.25) is 0 Å². The summed E-state index contributed by atoms with van der Waals surface area (Å²) < 4.78 is 13.8. The molecule has 1 N–H and O–H groups in total. The Labute approximate surface area is 115 Å². The monoisotopic (exact) mass is 282 g/mol. The molecule has 0 spiro atoms. The number of halogens is 1. The molecule has 1 atom stereocenters. The average molecular weight is 282 g/mol. The third-order valence-corrected chi connectivity index (χ3v) is 3.65. The first-order chi connectivity index (χ1) is 9.45. The molecule has 6 nitrogen and oxygen atoms in total. The Kier molecular flexibility index (Phi) is 3.87. The zero-order chi connectivity index (χ0) is 14.9. The van der Waals surface area contributed by atoms with Crippen molar-refractivity contribution in [2.45, 2.75) is 32.2 Å². The lowest BCUT2D eigenvalue weighted by Gasteiger charge is -2.25. The third kappa shape index (κ3) is 2.43. The number of nitrogens with zero attached hydrogens (tertiary/aromatic N) is 2. The van der Waals surface area contributed by atoms with Crippen LogP contribution in [0.25, 0.3) is 0 Å². The van der Waals surface area contributed by atoms with Crippen LogP contribution in [0.4, 0.5) is 15.8 Å². The number of carboxylic acids is 1. The molecule has 1 heterocycles. The van der Waals surface area contributed by atoms with E-state index in [2.05, 4.69) is 0 Å². The van der Waals surface area contributed by atoms with Gasteiger partial charge in [-0.1, -0.05) is 6.92 Å². The summed E-state index contributed by atoms with van der Waals surface area (Å²) in [6, 6.07) is 1.90. The van der Waals surface area contributed by atoms with Gasteiger partial charge in [-0.25, -0.2) is 9.18 Å². The van der Waals surface area contributed by atoms with Crippen LogP contribution in [0.15, 0.2) is 12.1 Å². The average Bonchev–Trinajstić information content (AvgIpc) is 2.85. The normalized spacial score (nSPS) is 18.3. The summed E-state index contributed by atoms with van der Waals surface area (Å²) in [6.07, 6.45) is 2.59. The predicted molar refractivity (Wildman–Crippen MR) is 70.7 cm³/mol. The second kappa shape index (κ2) is 5.44. The van der Waals surface area contributed by atoms with Crippen molar-refractivity contribution < 1.29 is 19.2 Å². The van der Waals surface area contributed by atoms with Gasteiger partial charge < -0.3 is 10.0 Å². The van der Waals surface area contributed by atoms with Gasteiger partial charge in [-0.3, -0.25) is 10.1 Å². The molecule has 2 rings (SSSR count). The number of carbonyl (C=O) groups is 1. The minimum Gasteiger partial charge on any atom is -0.478 e. The number of nitro benzene ring substituents is 1. The van der Waals surface area contributed by atoms with Gasteiger partial charge in [-0.05, 0) is 19.3 Å². The smallest absolute Gasteiger partial charge is 0.338 e. The minimum atomic E-state index is -1.51. The van der Waals surface area contributed by atoms with E-state index >= 15 is 0 Å². The molecule has 1 aromatic carbocycles. The van der Waals surface area contributed by atoms with Crippen LogP contribution < -0.4 is 4.90 Å². The quantitative estimate of drug-likeness (QED) is 0.678. The summed E-state index contributed by atoms with van der Waals surface area (Å²) in [5, 5.41) is 20.0. The lowest BCUT2D eigenvalue weighted by molar-refractivity contribution is -0.384. The Hall–Kier alpha value is -2.18. The molecule has 0 aliphatic carbocycles. The number of aromatic carboxylic acids is 1. The number of hydrogen-bond acceptors (Lipinski definition) is 4. The molecule has 0 radical (unpaired) electrons. The maximum Gasteiger partial charge on any atom is 0.338 e. The van der Waals surface area contributed by atoms with Crippen molar-refractivity contribution in [3.05, 3.63) is 33.6 Å². The third-order valence-electron chi connectivity index (χ3n) is 3.65. The first-order valence-electron chi connectivity index (χ1n) is 6.43. The summed E-state index contributed by atoms with van der Waals surface area (Å²) in [4.78, 5) is 23.1. The highest BCUT2D eigenvalue weighted by Gasteiger charge is 2.31. The lowest BCUT2D eigenvalue weighted by Crippen LogP contribution is -2.29. The van der Waals surface area contributed by atoms with E-state index in [0.717, 1.165) is 31.4 Å². The first-order valence-corrected chi connectivity index (χ1v) is 6.43. The fourth-order valence-electron chi connectivity index (χ4n) is 2.67. The molecule has 0 amide bonds. The summed E-state index contributed by atoms with van der Waals surface area (Å²) >= 11 is 0. The van der Waals surface area contributed by atoms with Gasteiger partial charge in [-0.15, -0.1) is 0 Å². The molecular weight excluding hydrogens is 267 g/mol. The van der Waals surface area contributed by atoms with Crippen molar-refractivity contribution in [3.8, 4) is 0 Å². The number of benzene rings is 1. The number of anilines is 1. The largest absolute Gasteiger partial charge is 0.478 e.